The maximum absolute atomic E-state index is 12.7. The van der Waals surface area contributed by atoms with Gasteiger partial charge in [0.1, 0.15) is 0 Å². The monoisotopic (exact) mass is 395 g/mol. The highest BCUT2D eigenvalue weighted by Gasteiger charge is 2.24. The first-order chi connectivity index (χ1) is 12.1. The summed E-state index contributed by atoms with van der Waals surface area (Å²) >= 11 is 1.57. The number of hydrogen-bond acceptors (Lipinski definition) is 5. The van der Waals surface area contributed by atoms with Crippen LogP contribution in [-0.2, 0) is 27.8 Å². The summed E-state index contributed by atoms with van der Waals surface area (Å²) in [5.41, 5.74) is 2.75. The molecule has 1 heterocycles. The molecule has 1 amide bonds. The fourth-order valence-electron chi connectivity index (χ4n) is 2.37. The van der Waals surface area contributed by atoms with Crippen LogP contribution in [0.25, 0.3) is 0 Å². The number of sulfonamides is 1. The molecule has 0 aliphatic rings. The Balaban J connectivity index is 2.05. The molecule has 1 aromatic carbocycles. The number of rotatable bonds is 7. The van der Waals surface area contributed by atoms with E-state index in [4.69, 9.17) is 0 Å². The summed E-state index contributed by atoms with van der Waals surface area (Å²) in [6, 6.07) is 4.98. The maximum atomic E-state index is 12.7. The van der Waals surface area contributed by atoms with E-state index in [1.807, 2.05) is 26.2 Å². The molecule has 0 atom stereocenters. The first kappa shape index (κ1) is 20.5. The second kappa shape index (κ2) is 8.28. The second-order valence-corrected chi connectivity index (χ2v) is 9.33. The lowest BCUT2D eigenvalue weighted by Gasteiger charge is -2.21. The number of amides is 1. The van der Waals surface area contributed by atoms with Gasteiger partial charge in [-0.3, -0.25) is 4.79 Å². The van der Waals surface area contributed by atoms with Gasteiger partial charge < -0.3 is 4.90 Å². The molecule has 0 N–H and O–H groups in total. The zero-order valence-corrected chi connectivity index (χ0v) is 17.4. The summed E-state index contributed by atoms with van der Waals surface area (Å²) in [6.45, 7) is 5.98. The smallest absolute Gasteiger partial charge is 0.243 e. The van der Waals surface area contributed by atoms with Crippen LogP contribution in [-0.4, -0.2) is 49.2 Å². The molecule has 0 aliphatic heterocycles. The highest BCUT2D eigenvalue weighted by Crippen LogP contribution is 2.18. The number of aryl methyl sites for hydroxylation is 3. The number of aromatic nitrogens is 1. The van der Waals surface area contributed by atoms with Crippen molar-refractivity contribution < 1.29 is 13.2 Å². The summed E-state index contributed by atoms with van der Waals surface area (Å²) in [5.74, 6) is -0.272. The van der Waals surface area contributed by atoms with Crippen LogP contribution in [0.4, 0.5) is 0 Å². The quantitative estimate of drug-likeness (QED) is 0.722. The van der Waals surface area contributed by atoms with Gasteiger partial charge in [0, 0.05) is 19.5 Å². The van der Waals surface area contributed by atoms with Gasteiger partial charge in [-0.1, -0.05) is 13.0 Å². The van der Waals surface area contributed by atoms with E-state index < -0.39 is 10.0 Å². The first-order valence-corrected chi connectivity index (χ1v) is 10.7. The Morgan fingerprint density at radius 1 is 1.19 bits per heavy atom. The van der Waals surface area contributed by atoms with Crippen molar-refractivity contribution in [3.63, 3.8) is 0 Å². The molecular weight excluding hydrogens is 370 g/mol. The number of likely N-dealkylation sites (N-methyl/N-ethyl adjacent to an activating group) is 2. The molecule has 0 bridgehead atoms. The van der Waals surface area contributed by atoms with Crippen LogP contribution in [0.1, 0.15) is 28.8 Å². The van der Waals surface area contributed by atoms with E-state index in [-0.39, 0.29) is 17.3 Å². The van der Waals surface area contributed by atoms with Crippen molar-refractivity contribution in [2.24, 2.45) is 0 Å². The average Bonchev–Trinajstić information content (AvgIpc) is 3.04. The van der Waals surface area contributed by atoms with Gasteiger partial charge in [-0.05, 0) is 43.5 Å². The standard InChI is InChI=1S/C18H25N3O3S2/c1-6-17-19-15(12-25-17)10-20(4)18(22)11-21(5)26(23,24)16-8-7-13(2)14(3)9-16/h7-9,12H,6,10-11H2,1-5H3. The SMILES string of the molecule is CCc1nc(CN(C)C(=O)CN(C)S(=O)(=O)c2ccc(C)c(C)c2)cs1. The van der Waals surface area contributed by atoms with Crippen molar-refractivity contribution in [3.05, 3.63) is 45.4 Å². The molecular formula is C18H25N3O3S2. The predicted octanol–water partition coefficient (Wildman–Crippen LogP) is 2.60. The minimum atomic E-state index is -3.71. The summed E-state index contributed by atoms with van der Waals surface area (Å²) < 4.78 is 26.5. The molecule has 2 aromatic rings. The fourth-order valence-corrected chi connectivity index (χ4v) is 4.31. The Kier molecular flexibility index (Phi) is 6.54. The van der Waals surface area contributed by atoms with Crippen molar-refractivity contribution in [1.82, 2.24) is 14.2 Å². The molecule has 6 nitrogen and oxygen atoms in total. The maximum Gasteiger partial charge on any atom is 0.243 e. The van der Waals surface area contributed by atoms with Crippen LogP contribution < -0.4 is 0 Å². The van der Waals surface area contributed by atoms with Crippen LogP contribution >= 0.6 is 11.3 Å². The van der Waals surface area contributed by atoms with Gasteiger partial charge >= 0.3 is 0 Å². The van der Waals surface area contributed by atoms with Crippen LogP contribution in [0.2, 0.25) is 0 Å². The summed E-state index contributed by atoms with van der Waals surface area (Å²) in [7, 11) is -0.626. The Hall–Kier alpha value is -1.77. The molecule has 8 heteroatoms. The molecule has 2 rings (SSSR count). The van der Waals surface area contributed by atoms with E-state index in [9.17, 15) is 13.2 Å². The van der Waals surface area contributed by atoms with Gasteiger partial charge in [0.15, 0.2) is 0 Å². The van der Waals surface area contributed by atoms with Gasteiger partial charge in [0.2, 0.25) is 15.9 Å². The molecule has 0 spiro atoms. The minimum Gasteiger partial charge on any atom is -0.339 e. The normalized spacial score (nSPS) is 11.8. The van der Waals surface area contributed by atoms with Gasteiger partial charge in [0.05, 0.1) is 28.7 Å². The lowest BCUT2D eigenvalue weighted by atomic mass is 10.1. The predicted molar refractivity (Wildman–Crippen MR) is 104 cm³/mol. The summed E-state index contributed by atoms with van der Waals surface area (Å²) in [6.07, 6.45) is 0.860. The largest absolute Gasteiger partial charge is 0.339 e. The summed E-state index contributed by atoms with van der Waals surface area (Å²) in [4.78, 5) is 18.6. The van der Waals surface area contributed by atoms with Gasteiger partial charge in [-0.2, -0.15) is 4.31 Å². The highest BCUT2D eigenvalue weighted by atomic mass is 32.2. The van der Waals surface area contributed by atoms with Crippen molar-refractivity contribution in [2.45, 2.75) is 38.6 Å². The lowest BCUT2D eigenvalue weighted by Crippen LogP contribution is -2.39. The number of hydrogen-bond donors (Lipinski definition) is 0. The van der Waals surface area contributed by atoms with E-state index >= 15 is 0 Å². The molecule has 26 heavy (non-hydrogen) atoms. The summed E-state index contributed by atoms with van der Waals surface area (Å²) in [5, 5.41) is 2.95. The first-order valence-electron chi connectivity index (χ1n) is 8.36. The van der Waals surface area contributed by atoms with Crippen molar-refractivity contribution >= 4 is 27.3 Å². The number of carbonyl (C=O) groups excluding carboxylic acids is 1. The van der Waals surface area contributed by atoms with E-state index in [0.29, 0.717) is 6.54 Å². The van der Waals surface area contributed by atoms with E-state index in [1.54, 1.807) is 36.6 Å². The van der Waals surface area contributed by atoms with Crippen molar-refractivity contribution in [1.29, 1.82) is 0 Å². The Labute approximate surface area is 159 Å². The molecule has 1 aromatic heterocycles. The molecule has 0 aliphatic carbocycles. The number of nitrogens with zero attached hydrogens (tertiary/aromatic N) is 3. The van der Waals surface area contributed by atoms with E-state index in [0.717, 1.165) is 32.6 Å². The fraction of sp³-hybridized carbons (Fsp3) is 0.444. The number of carbonyl (C=O) groups is 1. The molecule has 0 saturated carbocycles. The molecule has 0 radical (unpaired) electrons. The number of thiazole rings is 1. The van der Waals surface area contributed by atoms with E-state index in [1.165, 1.54) is 11.9 Å². The van der Waals surface area contributed by atoms with Crippen LogP contribution in [0.15, 0.2) is 28.5 Å². The second-order valence-electron chi connectivity index (χ2n) is 6.34. The van der Waals surface area contributed by atoms with Crippen LogP contribution in [0, 0.1) is 13.8 Å². The topological polar surface area (TPSA) is 70.6 Å². The molecule has 142 valence electrons. The Bertz CT molecular complexity index is 891. The van der Waals surface area contributed by atoms with Gasteiger partial charge in [-0.15, -0.1) is 11.3 Å². The number of benzene rings is 1. The Morgan fingerprint density at radius 3 is 2.46 bits per heavy atom. The third-order valence-electron chi connectivity index (χ3n) is 4.27. The third-order valence-corrected chi connectivity index (χ3v) is 7.11. The van der Waals surface area contributed by atoms with Crippen molar-refractivity contribution in [3.8, 4) is 0 Å². The highest BCUT2D eigenvalue weighted by molar-refractivity contribution is 7.89. The van der Waals surface area contributed by atoms with Gasteiger partial charge in [-0.25, -0.2) is 13.4 Å². The third kappa shape index (κ3) is 4.69. The van der Waals surface area contributed by atoms with Crippen LogP contribution in [0.3, 0.4) is 0 Å². The molecule has 0 unspecified atom stereocenters. The zero-order chi connectivity index (χ0) is 19.5. The molecule has 0 saturated heterocycles. The van der Waals surface area contributed by atoms with Crippen molar-refractivity contribution in [2.75, 3.05) is 20.6 Å². The molecule has 0 fully saturated rings. The zero-order valence-electron chi connectivity index (χ0n) is 15.8. The Morgan fingerprint density at radius 2 is 1.88 bits per heavy atom. The van der Waals surface area contributed by atoms with E-state index in [2.05, 4.69) is 4.98 Å². The lowest BCUT2D eigenvalue weighted by molar-refractivity contribution is -0.130. The van der Waals surface area contributed by atoms with Crippen LogP contribution in [0.5, 0.6) is 0 Å². The average molecular weight is 396 g/mol. The minimum absolute atomic E-state index is 0.200. The van der Waals surface area contributed by atoms with Gasteiger partial charge in [0.25, 0.3) is 0 Å².